The number of hydrogen-bond acceptors (Lipinski definition) is 8. The zero-order chi connectivity index (χ0) is 24.1. The molecule has 1 unspecified atom stereocenters. The van der Waals surface area contributed by atoms with E-state index in [1.165, 1.54) is 24.5 Å². The second-order valence-electron chi connectivity index (χ2n) is 6.37. The second kappa shape index (κ2) is 19.0. The number of aryl methyl sites for hydroxylation is 2. The molecule has 13 heteroatoms. The van der Waals surface area contributed by atoms with Crippen molar-refractivity contribution in [1.29, 1.82) is 0 Å². The SMILES string of the molecule is O.OC1CCCO1.[C-]#[N+]c1cc(C(=O)O)cnc1C.[C-]#[N+]c1cc(C(=O)OCC)cnc1C.[Li+].[OH-]. The summed E-state index contributed by atoms with van der Waals surface area (Å²) in [5.74, 6) is -1.50. The Labute approximate surface area is 215 Å². The van der Waals surface area contributed by atoms with Gasteiger partial charge in [-0.2, -0.15) is 0 Å². The predicted octanol–water partition coefficient (Wildman–Crippen LogP) is -0.126. The number of aliphatic hydroxyl groups is 1. The third kappa shape index (κ3) is 12.6. The number of esters is 1. The quantitative estimate of drug-likeness (QED) is 0.341. The number of aliphatic hydroxyl groups excluding tert-OH is 1. The maximum absolute atomic E-state index is 11.3. The van der Waals surface area contributed by atoms with Crippen molar-refractivity contribution in [2.75, 3.05) is 13.2 Å². The van der Waals surface area contributed by atoms with Crippen molar-refractivity contribution in [1.82, 2.24) is 9.97 Å². The summed E-state index contributed by atoms with van der Waals surface area (Å²) >= 11 is 0. The smallest absolute Gasteiger partial charge is 0.870 e. The summed E-state index contributed by atoms with van der Waals surface area (Å²) in [6.07, 6.45) is 4.04. The zero-order valence-corrected chi connectivity index (χ0v) is 20.0. The van der Waals surface area contributed by atoms with Crippen LogP contribution in [0, 0.1) is 27.0 Å². The molecule has 0 radical (unpaired) electrons. The van der Waals surface area contributed by atoms with Crippen molar-refractivity contribution in [2.45, 2.75) is 39.9 Å². The number of rotatable bonds is 3. The fourth-order valence-corrected chi connectivity index (χ4v) is 2.27. The zero-order valence-electron chi connectivity index (χ0n) is 20.0. The first kappa shape index (κ1) is 36.2. The van der Waals surface area contributed by atoms with Gasteiger partial charge in [0.15, 0.2) is 6.29 Å². The van der Waals surface area contributed by atoms with Crippen LogP contribution in [0.5, 0.6) is 0 Å². The Bertz CT molecular complexity index is 1030. The molecule has 0 aliphatic carbocycles. The Morgan fingerprint density at radius 3 is 1.94 bits per heavy atom. The van der Waals surface area contributed by atoms with Crippen LogP contribution in [0.3, 0.4) is 0 Å². The first-order valence-corrected chi connectivity index (χ1v) is 9.61. The molecule has 1 atom stereocenters. The van der Waals surface area contributed by atoms with E-state index in [2.05, 4.69) is 19.7 Å². The third-order valence-corrected chi connectivity index (χ3v) is 4.03. The van der Waals surface area contributed by atoms with Crippen LogP contribution in [-0.4, -0.2) is 62.6 Å². The minimum atomic E-state index is -1.06. The Morgan fingerprint density at radius 1 is 1.11 bits per heavy atom. The van der Waals surface area contributed by atoms with E-state index in [0.29, 0.717) is 29.2 Å². The minimum absolute atomic E-state index is 0. The number of carboxylic acids is 1. The largest absolute Gasteiger partial charge is 1.00 e. The molecule has 184 valence electrons. The van der Waals surface area contributed by atoms with E-state index in [0.717, 1.165) is 19.4 Å². The summed E-state index contributed by atoms with van der Waals surface area (Å²) in [5, 5.41) is 17.1. The van der Waals surface area contributed by atoms with Crippen molar-refractivity contribution < 1.29 is 59.1 Å². The molecule has 1 saturated heterocycles. The molecule has 35 heavy (non-hydrogen) atoms. The normalized spacial score (nSPS) is 12.7. The number of aromatic carboxylic acids is 1. The molecule has 0 spiro atoms. The molecule has 5 N–H and O–H groups in total. The molecule has 1 aliphatic rings. The van der Waals surface area contributed by atoms with Crippen molar-refractivity contribution >= 4 is 23.3 Å². The maximum atomic E-state index is 11.3. The van der Waals surface area contributed by atoms with Crippen molar-refractivity contribution in [2.24, 2.45) is 0 Å². The molecule has 3 rings (SSSR count). The number of nitrogens with zero attached hydrogens (tertiary/aromatic N) is 4. The van der Waals surface area contributed by atoms with E-state index in [9.17, 15) is 9.59 Å². The first-order chi connectivity index (χ1) is 15.2. The van der Waals surface area contributed by atoms with Gasteiger partial charge in [0, 0.05) is 36.8 Å². The summed E-state index contributed by atoms with van der Waals surface area (Å²) in [5.41, 5.74) is 2.21. The maximum Gasteiger partial charge on any atom is 1.00 e. The van der Waals surface area contributed by atoms with Crippen LogP contribution < -0.4 is 18.9 Å². The fraction of sp³-hybridized carbons (Fsp3) is 0.364. The molecule has 3 heterocycles. The van der Waals surface area contributed by atoms with Gasteiger partial charge in [-0.05, 0) is 39.3 Å². The van der Waals surface area contributed by atoms with E-state index in [-0.39, 0.29) is 41.1 Å². The average molecular weight is 482 g/mol. The first-order valence-electron chi connectivity index (χ1n) is 9.61. The number of hydrogen-bond donors (Lipinski definition) is 2. The minimum Gasteiger partial charge on any atom is -0.870 e. The van der Waals surface area contributed by atoms with E-state index >= 15 is 0 Å². The van der Waals surface area contributed by atoms with Gasteiger partial charge in [-0.3, -0.25) is 9.97 Å². The van der Waals surface area contributed by atoms with Crippen molar-refractivity contribution in [3.8, 4) is 0 Å². The molecule has 0 saturated carbocycles. The predicted molar refractivity (Wildman–Crippen MR) is 120 cm³/mol. The summed E-state index contributed by atoms with van der Waals surface area (Å²) < 4.78 is 9.49. The van der Waals surface area contributed by atoms with E-state index < -0.39 is 18.2 Å². The van der Waals surface area contributed by atoms with Gasteiger partial charge in [0.25, 0.3) is 0 Å². The van der Waals surface area contributed by atoms with Gasteiger partial charge in [-0.15, -0.1) is 0 Å². The standard InChI is InChI=1S/C10H10N2O2.C8H6N2O2.C4H8O2.Li.2H2O/c1-4-14-10(13)8-5-9(11-3)7(2)12-6-8;1-5-7(9-2)3-6(4-10-5)8(11)12;5-4-2-1-3-6-4;;;/h5-6H,4H2,1-2H3;3-4H,1H3,(H,11,12);4-5H,1-3H2;;2*1H2/q;;;+1;;/p-1. The van der Waals surface area contributed by atoms with Gasteiger partial charge in [0.05, 0.1) is 30.9 Å². The van der Waals surface area contributed by atoms with Gasteiger partial charge in [0.2, 0.25) is 11.4 Å². The Kier molecular flexibility index (Phi) is 19.7. The number of ether oxygens (including phenoxy) is 2. The summed E-state index contributed by atoms with van der Waals surface area (Å²) in [4.78, 5) is 35.8. The van der Waals surface area contributed by atoms with Crippen molar-refractivity contribution in [3.63, 3.8) is 0 Å². The summed E-state index contributed by atoms with van der Waals surface area (Å²) in [6, 6.07) is 2.81. The number of carbonyl (C=O) groups excluding carboxylic acids is 1. The summed E-state index contributed by atoms with van der Waals surface area (Å²) in [6.45, 7) is 19.7. The molecule has 1 aliphatic heterocycles. The van der Waals surface area contributed by atoms with Crippen LogP contribution >= 0.6 is 0 Å². The third-order valence-electron chi connectivity index (χ3n) is 4.03. The van der Waals surface area contributed by atoms with Crippen LogP contribution in [0.2, 0.25) is 0 Å². The van der Waals surface area contributed by atoms with Crippen LogP contribution in [0.1, 0.15) is 51.9 Å². The Morgan fingerprint density at radius 2 is 1.60 bits per heavy atom. The van der Waals surface area contributed by atoms with Gasteiger partial charge in [-0.25, -0.2) is 19.3 Å². The van der Waals surface area contributed by atoms with Gasteiger partial charge < -0.3 is 30.6 Å². The van der Waals surface area contributed by atoms with Crippen molar-refractivity contribution in [3.05, 3.63) is 69.9 Å². The van der Waals surface area contributed by atoms with E-state index in [4.69, 9.17) is 32.8 Å². The molecule has 1 fully saturated rings. The number of carboxylic acid groups (broad SMARTS) is 1. The van der Waals surface area contributed by atoms with Crippen LogP contribution in [-0.2, 0) is 9.47 Å². The molecule has 0 bridgehead atoms. The fourth-order valence-electron chi connectivity index (χ4n) is 2.27. The average Bonchev–Trinajstić information content (AvgIpc) is 3.26. The number of aromatic nitrogens is 2. The number of pyridine rings is 2. The monoisotopic (exact) mass is 482 g/mol. The molecule has 2 aromatic heterocycles. The molecule has 0 aromatic carbocycles. The van der Waals surface area contributed by atoms with E-state index in [1.54, 1.807) is 20.8 Å². The van der Waals surface area contributed by atoms with Gasteiger partial charge in [0.1, 0.15) is 0 Å². The van der Waals surface area contributed by atoms with Crippen LogP contribution in [0.25, 0.3) is 9.69 Å². The number of carbonyl (C=O) groups is 2. The topological polar surface area (TPSA) is 189 Å². The Hall–Kier alpha value is -3.34. The molecular formula is C22H27LiN4O8. The van der Waals surface area contributed by atoms with Gasteiger partial charge in [-0.1, -0.05) is 0 Å². The van der Waals surface area contributed by atoms with Crippen LogP contribution in [0.4, 0.5) is 11.4 Å². The second-order valence-corrected chi connectivity index (χ2v) is 6.37. The molecule has 0 amide bonds. The Balaban J connectivity index is -0.000000446. The molecule has 2 aromatic rings. The van der Waals surface area contributed by atoms with Crippen LogP contribution in [0.15, 0.2) is 24.5 Å². The van der Waals surface area contributed by atoms with E-state index in [1.807, 2.05) is 0 Å². The molecular weight excluding hydrogens is 455 g/mol. The van der Waals surface area contributed by atoms with Gasteiger partial charge >= 0.3 is 30.8 Å². The molecule has 12 nitrogen and oxygen atoms in total. The summed E-state index contributed by atoms with van der Waals surface area (Å²) in [7, 11) is 0.